The van der Waals surface area contributed by atoms with E-state index < -0.39 is 40.8 Å². The van der Waals surface area contributed by atoms with Crippen LogP contribution in [0.3, 0.4) is 0 Å². The lowest BCUT2D eigenvalue weighted by molar-refractivity contribution is 0.107. The fourth-order valence-electron chi connectivity index (χ4n) is 7.84. The zero-order valence-electron chi connectivity index (χ0n) is 25.4. The van der Waals surface area contributed by atoms with Crippen LogP contribution in [0, 0.1) is 24.4 Å². The van der Waals surface area contributed by atoms with Crippen LogP contribution in [-0.2, 0) is 6.42 Å². The Bertz CT molecular complexity index is 2160. The molecule has 1 unspecified atom stereocenters. The van der Waals surface area contributed by atoms with Crippen molar-refractivity contribution in [2.75, 3.05) is 25.0 Å². The average Bonchev–Trinajstić information content (AvgIpc) is 3.69. The SMILES string of the molecule is Cc1c(-c2cc(O)cc3cccc(F)c23)oc(=O)c2c(NC3CCc4cc(F)cc(F)c43)nc(OC[C@@]34CCCN3C[C@H](F)C4)nc12. The number of rotatable bonds is 6. The minimum absolute atomic E-state index is 0.00606. The van der Waals surface area contributed by atoms with E-state index in [9.17, 15) is 18.7 Å². The molecule has 12 heteroatoms. The van der Waals surface area contributed by atoms with Crippen LogP contribution >= 0.6 is 0 Å². The summed E-state index contributed by atoms with van der Waals surface area (Å²) in [5.41, 5.74) is 0.0782. The molecule has 0 bridgehead atoms. The first-order valence-corrected chi connectivity index (χ1v) is 15.6. The molecule has 8 nitrogen and oxygen atoms in total. The molecule has 2 fully saturated rings. The number of anilines is 1. The smallest absolute Gasteiger partial charge is 0.349 e. The average molecular weight is 647 g/mol. The van der Waals surface area contributed by atoms with Crippen molar-refractivity contribution in [2.45, 2.75) is 56.8 Å². The molecule has 8 rings (SSSR count). The van der Waals surface area contributed by atoms with Crippen LogP contribution in [0.1, 0.15) is 48.4 Å². The molecule has 3 aliphatic rings. The lowest BCUT2D eigenvalue weighted by Gasteiger charge is -2.30. The number of hydrogen-bond donors (Lipinski definition) is 2. The standard InChI is InChI=1S/C35H30F4N4O4/c1-17-30-29(33(45)47-31(17)23-13-22(44)11-18-4-2-5-24(38)27(18)23)32(40-26-7-6-19-10-20(36)12-25(39)28(19)26)42-34(41-30)46-16-35-8-3-9-43(35)15-21(37)14-35/h2,4-5,10-13,21,26,44H,3,6-9,14-16H2,1H3,(H,40,41,42)/t21-,26?,35+/m1/s1. The summed E-state index contributed by atoms with van der Waals surface area (Å²) in [6.45, 7) is 2.86. The van der Waals surface area contributed by atoms with Gasteiger partial charge in [-0.15, -0.1) is 0 Å². The number of fused-ring (bicyclic) bond motifs is 4. The molecule has 0 radical (unpaired) electrons. The van der Waals surface area contributed by atoms with Gasteiger partial charge in [0.05, 0.1) is 17.1 Å². The monoisotopic (exact) mass is 646 g/mol. The zero-order valence-corrected chi connectivity index (χ0v) is 25.4. The molecule has 2 N–H and O–H groups in total. The number of nitrogens with one attached hydrogen (secondary N) is 1. The lowest BCUT2D eigenvalue weighted by atomic mass is 9.95. The van der Waals surface area contributed by atoms with Crippen molar-refractivity contribution < 1.29 is 31.8 Å². The molecular weight excluding hydrogens is 616 g/mol. The number of aromatic nitrogens is 2. The topological polar surface area (TPSA) is 101 Å². The fraction of sp³-hybridized carbons (Fsp3) is 0.343. The second-order valence-electron chi connectivity index (χ2n) is 12.8. The van der Waals surface area contributed by atoms with Crippen molar-refractivity contribution in [1.29, 1.82) is 0 Å². The largest absolute Gasteiger partial charge is 0.508 e. The number of benzene rings is 3. The van der Waals surface area contributed by atoms with Crippen LogP contribution in [0.15, 0.2) is 51.7 Å². The van der Waals surface area contributed by atoms with E-state index in [0.717, 1.165) is 25.5 Å². The van der Waals surface area contributed by atoms with Crippen molar-refractivity contribution in [3.63, 3.8) is 0 Å². The third kappa shape index (κ3) is 4.88. The van der Waals surface area contributed by atoms with Crippen LogP contribution in [0.25, 0.3) is 33.0 Å². The van der Waals surface area contributed by atoms with Crippen LogP contribution in [0.4, 0.5) is 23.4 Å². The highest BCUT2D eigenvalue weighted by Gasteiger charge is 2.49. The van der Waals surface area contributed by atoms with E-state index in [1.54, 1.807) is 13.0 Å². The molecule has 0 saturated carbocycles. The van der Waals surface area contributed by atoms with Gasteiger partial charge in [0.25, 0.3) is 0 Å². The summed E-state index contributed by atoms with van der Waals surface area (Å²) in [6, 6.07) is 8.52. The first-order valence-electron chi connectivity index (χ1n) is 15.6. The van der Waals surface area contributed by atoms with Gasteiger partial charge in [0.2, 0.25) is 0 Å². The Balaban J connectivity index is 1.28. The number of nitrogens with zero attached hydrogens (tertiary/aromatic N) is 3. The van der Waals surface area contributed by atoms with Gasteiger partial charge >= 0.3 is 11.6 Å². The van der Waals surface area contributed by atoms with E-state index >= 15 is 8.78 Å². The van der Waals surface area contributed by atoms with Gasteiger partial charge in [0, 0.05) is 41.1 Å². The Morgan fingerprint density at radius 2 is 1.98 bits per heavy atom. The quantitative estimate of drug-likeness (QED) is 0.193. The fourth-order valence-corrected chi connectivity index (χ4v) is 7.84. The Morgan fingerprint density at radius 1 is 1.13 bits per heavy atom. The molecule has 3 atom stereocenters. The summed E-state index contributed by atoms with van der Waals surface area (Å²) in [4.78, 5) is 25.0. The Morgan fingerprint density at radius 3 is 2.83 bits per heavy atom. The predicted molar refractivity (Wildman–Crippen MR) is 167 cm³/mol. The molecule has 2 saturated heterocycles. The summed E-state index contributed by atoms with van der Waals surface area (Å²) < 4.78 is 70.7. The first-order chi connectivity index (χ1) is 22.6. The van der Waals surface area contributed by atoms with Crippen LogP contribution in [0.2, 0.25) is 0 Å². The highest BCUT2D eigenvalue weighted by atomic mass is 19.1. The van der Waals surface area contributed by atoms with Gasteiger partial charge in [-0.1, -0.05) is 12.1 Å². The normalized spacial score (nSPS) is 22.2. The Labute approximate surface area is 266 Å². The van der Waals surface area contributed by atoms with Crippen molar-refractivity contribution in [3.8, 4) is 23.1 Å². The maximum atomic E-state index is 15.2. The van der Waals surface area contributed by atoms with E-state index in [-0.39, 0.29) is 57.4 Å². The number of aryl methyl sites for hydroxylation is 2. The van der Waals surface area contributed by atoms with Gasteiger partial charge in [0.15, 0.2) is 0 Å². The summed E-state index contributed by atoms with van der Waals surface area (Å²) in [5.74, 6) is -2.10. The number of halogens is 4. The summed E-state index contributed by atoms with van der Waals surface area (Å²) in [5, 5.41) is 14.2. The van der Waals surface area contributed by atoms with Crippen LogP contribution in [0.5, 0.6) is 11.8 Å². The summed E-state index contributed by atoms with van der Waals surface area (Å²) >= 11 is 0. The predicted octanol–water partition coefficient (Wildman–Crippen LogP) is 6.89. The lowest BCUT2D eigenvalue weighted by Crippen LogP contribution is -2.43. The summed E-state index contributed by atoms with van der Waals surface area (Å²) in [6.07, 6.45) is 1.83. The molecular formula is C35H30F4N4O4. The third-order valence-corrected chi connectivity index (χ3v) is 9.91. The second-order valence-corrected chi connectivity index (χ2v) is 12.8. The molecule has 1 aliphatic carbocycles. The van der Waals surface area contributed by atoms with Crippen molar-refractivity contribution in [3.05, 3.63) is 87.0 Å². The highest BCUT2D eigenvalue weighted by molar-refractivity contribution is 6.00. The molecule has 0 spiro atoms. The van der Waals surface area contributed by atoms with Gasteiger partial charge in [-0.2, -0.15) is 9.97 Å². The minimum atomic E-state index is -0.970. The molecule has 242 valence electrons. The third-order valence-electron chi connectivity index (χ3n) is 9.91. The zero-order chi connectivity index (χ0) is 32.6. The van der Waals surface area contributed by atoms with E-state index in [1.165, 1.54) is 30.3 Å². The van der Waals surface area contributed by atoms with E-state index in [1.807, 2.05) is 0 Å². The Hall–Kier alpha value is -4.71. The van der Waals surface area contributed by atoms with Gasteiger partial charge in [-0.05, 0) is 74.4 Å². The number of alkyl halides is 1. The van der Waals surface area contributed by atoms with Gasteiger partial charge < -0.3 is 19.6 Å². The highest BCUT2D eigenvalue weighted by Crippen LogP contribution is 2.42. The molecule has 5 aromatic rings. The van der Waals surface area contributed by atoms with Crippen LogP contribution < -0.4 is 15.7 Å². The Kier molecular flexibility index (Phi) is 6.90. The van der Waals surface area contributed by atoms with E-state index in [0.29, 0.717) is 42.3 Å². The maximum Gasteiger partial charge on any atom is 0.349 e. The van der Waals surface area contributed by atoms with Crippen molar-refractivity contribution >= 4 is 27.5 Å². The van der Waals surface area contributed by atoms with Gasteiger partial charge in [-0.3, -0.25) is 4.90 Å². The second kappa shape index (κ2) is 10.9. The molecule has 47 heavy (non-hydrogen) atoms. The van der Waals surface area contributed by atoms with Gasteiger partial charge in [-0.25, -0.2) is 22.4 Å². The summed E-state index contributed by atoms with van der Waals surface area (Å²) in [7, 11) is 0. The van der Waals surface area contributed by atoms with E-state index in [4.69, 9.17) is 9.15 Å². The number of hydrogen-bond acceptors (Lipinski definition) is 8. The number of ether oxygens (including phenoxy) is 1. The van der Waals surface area contributed by atoms with E-state index in [2.05, 4.69) is 20.2 Å². The molecule has 3 aromatic carbocycles. The molecule has 0 amide bonds. The molecule has 2 aliphatic heterocycles. The molecule has 2 aromatic heterocycles. The molecule has 4 heterocycles. The van der Waals surface area contributed by atoms with Crippen molar-refractivity contribution in [1.82, 2.24) is 14.9 Å². The maximum absolute atomic E-state index is 15.2. The van der Waals surface area contributed by atoms with Gasteiger partial charge in [0.1, 0.15) is 52.9 Å². The number of phenols is 1. The number of phenolic OH excluding ortho intramolecular Hbond substituents is 1. The number of aromatic hydroxyl groups is 1. The first kappa shape index (κ1) is 29.7. The minimum Gasteiger partial charge on any atom is -0.508 e. The van der Waals surface area contributed by atoms with Crippen molar-refractivity contribution in [2.24, 2.45) is 0 Å². The van der Waals surface area contributed by atoms with Crippen LogP contribution in [-0.4, -0.2) is 51.4 Å².